The molecular formula is C12H16O. The molecule has 70 valence electrons. The van der Waals surface area contributed by atoms with E-state index in [9.17, 15) is 0 Å². The highest BCUT2D eigenvalue weighted by atomic mass is 16.3. The molecule has 0 unspecified atom stereocenters. The summed E-state index contributed by atoms with van der Waals surface area (Å²) in [6, 6.07) is 10.2. The van der Waals surface area contributed by atoms with Crippen molar-refractivity contribution in [2.24, 2.45) is 0 Å². The van der Waals surface area contributed by atoms with Crippen molar-refractivity contribution >= 4 is 11.0 Å². The zero-order valence-corrected chi connectivity index (χ0v) is 8.50. The maximum Gasteiger partial charge on any atom is 0.134 e. The van der Waals surface area contributed by atoms with Gasteiger partial charge in [0, 0.05) is 11.8 Å². The van der Waals surface area contributed by atoms with E-state index in [-0.39, 0.29) is 0 Å². The Labute approximate surface area is 79.4 Å². The zero-order chi connectivity index (χ0) is 9.68. The second-order valence-corrected chi connectivity index (χ2v) is 2.60. The molecule has 0 aliphatic carbocycles. The SMILES string of the molecule is CC.CCc1cc2ccccc2o1. The van der Waals surface area contributed by atoms with Crippen LogP contribution in [0.1, 0.15) is 26.5 Å². The maximum atomic E-state index is 5.52. The van der Waals surface area contributed by atoms with Crippen LogP contribution in [0.3, 0.4) is 0 Å². The first-order valence-electron chi connectivity index (χ1n) is 4.87. The van der Waals surface area contributed by atoms with Gasteiger partial charge in [0.05, 0.1) is 0 Å². The number of rotatable bonds is 1. The summed E-state index contributed by atoms with van der Waals surface area (Å²) in [4.78, 5) is 0. The summed E-state index contributed by atoms with van der Waals surface area (Å²) < 4.78 is 5.52. The quantitative estimate of drug-likeness (QED) is 0.639. The zero-order valence-electron chi connectivity index (χ0n) is 8.50. The molecule has 1 heterocycles. The number of benzene rings is 1. The molecule has 0 radical (unpaired) electrons. The second kappa shape index (κ2) is 4.70. The lowest BCUT2D eigenvalue weighted by Crippen LogP contribution is -1.67. The van der Waals surface area contributed by atoms with Crippen LogP contribution in [0.15, 0.2) is 34.7 Å². The van der Waals surface area contributed by atoms with Crippen LogP contribution in [-0.2, 0) is 6.42 Å². The standard InChI is InChI=1S/C10H10O.C2H6/c1-2-9-7-8-5-3-4-6-10(8)11-9;1-2/h3-7H,2H2,1H3;1-2H3. The molecule has 1 heteroatoms. The summed E-state index contributed by atoms with van der Waals surface area (Å²) in [7, 11) is 0. The molecule has 0 atom stereocenters. The minimum Gasteiger partial charge on any atom is -0.461 e. The topological polar surface area (TPSA) is 13.1 Å². The molecule has 0 bridgehead atoms. The Balaban J connectivity index is 0.000000396. The fourth-order valence-electron chi connectivity index (χ4n) is 1.21. The van der Waals surface area contributed by atoms with Crippen molar-refractivity contribution in [3.8, 4) is 0 Å². The number of hydrogen-bond acceptors (Lipinski definition) is 1. The van der Waals surface area contributed by atoms with Crippen molar-refractivity contribution in [1.82, 2.24) is 0 Å². The van der Waals surface area contributed by atoms with E-state index in [0.717, 1.165) is 17.8 Å². The predicted molar refractivity (Wildman–Crippen MR) is 56.9 cm³/mol. The summed E-state index contributed by atoms with van der Waals surface area (Å²) in [6.07, 6.45) is 0.967. The molecule has 2 aromatic rings. The average Bonchev–Trinajstić information content (AvgIpc) is 2.63. The lowest BCUT2D eigenvalue weighted by molar-refractivity contribution is 0.557. The fourth-order valence-corrected chi connectivity index (χ4v) is 1.21. The molecule has 0 fully saturated rings. The summed E-state index contributed by atoms with van der Waals surface area (Å²) in [5, 5.41) is 1.20. The molecule has 0 amide bonds. The third-order valence-corrected chi connectivity index (χ3v) is 1.83. The van der Waals surface area contributed by atoms with Gasteiger partial charge in [0.2, 0.25) is 0 Å². The van der Waals surface area contributed by atoms with E-state index >= 15 is 0 Å². The first-order valence-corrected chi connectivity index (χ1v) is 4.87. The molecule has 0 N–H and O–H groups in total. The first kappa shape index (κ1) is 9.85. The third-order valence-electron chi connectivity index (χ3n) is 1.83. The number of fused-ring (bicyclic) bond motifs is 1. The van der Waals surface area contributed by atoms with Gasteiger partial charge in [-0.05, 0) is 12.1 Å². The van der Waals surface area contributed by atoms with Crippen molar-refractivity contribution in [3.05, 3.63) is 36.1 Å². The summed E-state index contributed by atoms with van der Waals surface area (Å²) in [5.41, 5.74) is 0.990. The summed E-state index contributed by atoms with van der Waals surface area (Å²) >= 11 is 0. The van der Waals surface area contributed by atoms with Gasteiger partial charge < -0.3 is 4.42 Å². The lowest BCUT2D eigenvalue weighted by atomic mass is 10.2. The molecule has 1 nitrogen and oxygen atoms in total. The molecule has 0 spiro atoms. The monoisotopic (exact) mass is 176 g/mol. The minimum absolute atomic E-state index is 0.967. The van der Waals surface area contributed by atoms with Crippen molar-refractivity contribution < 1.29 is 4.42 Å². The molecule has 1 aromatic heterocycles. The molecule has 0 aliphatic heterocycles. The molecule has 0 saturated heterocycles. The maximum absolute atomic E-state index is 5.52. The van der Waals surface area contributed by atoms with E-state index in [1.54, 1.807) is 0 Å². The van der Waals surface area contributed by atoms with Crippen LogP contribution in [0.4, 0.5) is 0 Å². The van der Waals surface area contributed by atoms with Gasteiger partial charge >= 0.3 is 0 Å². The van der Waals surface area contributed by atoms with Gasteiger partial charge in [-0.1, -0.05) is 39.0 Å². The van der Waals surface area contributed by atoms with Crippen molar-refractivity contribution in [3.63, 3.8) is 0 Å². The van der Waals surface area contributed by atoms with Crippen LogP contribution >= 0.6 is 0 Å². The van der Waals surface area contributed by atoms with Gasteiger partial charge in [0.15, 0.2) is 0 Å². The second-order valence-electron chi connectivity index (χ2n) is 2.60. The molecular weight excluding hydrogens is 160 g/mol. The van der Waals surface area contributed by atoms with Gasteiger partial charge in [0.25, 0.3) is 0 Å². The smallest absolute Gasteiger partial charge is 0.134 e. The molecule has 13 heavy (non-hydrogen) atoms. The average molecular weight is 176 g/mol. The minimum atomic E-state index is 0.967. The number of hydrogen-bond donors (Lipinski definition) is 0. The lowest BCUT2D eigenvalue weighted by Gasteiger charge is -1.83. The van der Waals surface area contributed by atoms with Crippen LogP contribution in [0.5, 0.6) is 0 Å². The van der Waals surface area contributed by atoms with E-state index in [0.29, 0.717) is 0 Å². The molecule has 0 saturated carbocycles. The van der Waals surface area contributed by atoms with Crippen LogP contribution in [0.2, 0.25) is 0 Å². The summed E-state index contributed by atoms with van der Waals surface area (Å²) in [5.74, 6) is 1.06. The van der Waals surface area contributed by atoms with E-state index in [1.165, 1.54) is 5.39 Å². The van der Waals surface area contributed by atoms with Gasteiger partial charge in [-0.2, -0.15) is 0 Å². The predicted octanol–water partition coefficient (Wildman–Crippen LogP) is 4.02. The Morgan fingerprint density at radius 1 is 1.15 bits per heavy atom. The van der Waals surface area contributed by atoms with Crippen LogP contribution < -0.4 is 0 Å². The highest BCUT2D eigenvalue weighted by Gasteiger charge is 1.98. The van der Waals surface area contributed by atoms with E-state index < -0.39 is 0 Å². The Bertz CT molecular complexity index is 327. The van der Waals surface area contributed by atoms with Gasteiger partial charge in [0.1, 0.15) is 11.3 Å². The van der Waals surface area contributed by atoms with Crippen molar-refractivity contribution in [1.29, 1.82) is 0 Å². The Hall–Kier alpha value is -1.24. The van der Waals surface area contributed by atoms with Gasteiger partial charge in [-0.15, -0.1) is 0 Å². The van der Waals surface area contributed by atoms with Crippen LogP contribution in [0, 0.1) is 0 Å². The molecule has 0 aliphatic rings. The highest BCUT2D eigenvalue weighted by Crippen LogP contribution is 2.18. The van der Waals surface area contributed by atoms with Gasteiger partial charge in [-0.3, -0.25) is 0 Å². The molecule has 1 aromatic carbocycles. The number of aryl methyl sites for hydroxylation is 1. The number of para-hydroxylation sites is 1. The van der Waals surface area contributed by atoms with E-state index in [4.69, 9.17) is 4.42 Å². The summed E-state index contributed by atoms with van der Waals surface area (Å²) in [6.45, 7) is 6.09. The van der Waals surface area contributed by atoms with Crippen LogP contribution in [0.25, 0.3) is 11.0 Å². The van der Waals surface area contributed by atoms with Crippen molar-refractivity contribution in [2.45, 2.75) is 27.2 Å². The Morgan fingerprint density at radius 3 is 2.46 bits per heavy atom. The number of furan rings is 1. The van der Waals surface area contributed by atoms with E-state index in [1.807, 2.05) is 32.0 Å². The fraction of sp³-hybridized carbons (Fsp3) is 0.333. The van der Waals surface area contributed by atoms with E-state index in [2.05, 4.69) is 19.1 Å². The largest absolute Gasteiger partial charge is 0.461 e. The first-order chi connectivity index (χ1) is 6.40. The Morgan fingerprint density at radius 2 is 1.85 bits per heavy atom. The normalized spacial score (nSPS) is 9.46. The van der Waals surface area contributed by atoms with Gasteiger partial charge in [-0.25, -0.2) is 0 Å². The van der Waals surface area contributed by atoms with Crippen LogP contribution in [-0.4, -0.2) is 0 Å². The highest BCUT2D eigenvalue weighted by molar-refractivity contribution is 5.77. The van der Waals surface area contributed by atoms with Crippen molar-refractivity contribution in [2.75, 3.05) is 0 Å². The Kier molecular flexibility index (Phi) is 3.56. The molecule has 2 rings (SSSR count). The third kappa shape index (κ3) is 2.11.